The number of carbonyl (C=O) groups excluding carboxylic acids is 1. The SMILES string of the molecule is CCC#CCOc1cnc(C(=O)Nc2ccnc(CNc3cccnc3N)c2)cn1. The number of hydrogen-bond acceptors (Lipinski definition) is 8. The van der Waals surface area contributed by atoms with E-state index in [1.54, 1.807) is 30.6 Å². The lowest BCUT2D eigenvalue weighted by Crippen LogP contribution is -2.15. The number of nitrogens with one attached hydrogen (secondary N) is 2. The largest absolute Gasteiger partial charge is 0.463 e. The summed E-state index contributed by atoms with van der Waals surface area (Å²) in [5.41, 5.74) is 8.01. The second kappa shape index (κ2) is 10.4. The van der Waals surface area contributed by atoms with Crippen LogP contribution >= 0.6 is 0 Å². The number of pyridine rings is 2. The molecule has 0 atom stereocenters. The maximum atomic E-state index is 12.4. The van der Waals surface area contributed by atoms with Crippen molar-refractivity contribution in [1.29, 1.82) is 0 Å². The zero-order valence-corrected chi connectivity index (χ0v) is 16.4. The third-order valence-corrected chi connectivity index (χ3v) is 3.83. The van der Waals surface area contributed by atoms with Gasteiger partial charge in [-0.2, -0.15) is 0 Å². The Kier molecular flexibility index (Phi) is 7.11. The third-order valence-electron chi connectivity index (χ3n) is 3.83. The fourth-order valence-corrected chi connectivity index (χ4v) is 2.39. The van der Waals surface area contributed by atoms with E-state index in [9.17, 15) is 4.79 Å². The van der Waals surface area contributed by atoms with E-state index in [-0.39, 0.29) is 18.2 Å². The molecule has 3 aromatic rings. The van der Waals surface area contributed by atoms with Crippen LogP contribution in [0.2, 0.25) is 0 Å². The highest BCUT2D eigenvalue weighted by atomic mass is 16.5. The summed E-state index contributed by atoms with van der Waals surface area (Å²) in [4.78, 5) is 28.9. The molecule has 0 saturated heterocycles. The zero-order valence-electron chi connectivity index (χ0n) is 16.4. The van der Waals surface area contributed by atoms with Crippen molar-refractivity contribution < 1.29 is 9.53 Å². The summed E-state index contributed by atoms with van der Waals surface area (Å²) in [5, 5.41) is 5.94. The molecule has 9 nitrogen and oxygen atoms in total. The predicted molar refractivity (Wildman–Crippen MR) is 114 cm³/mol. The molecule has 9 heteroatoms. The van der Waals surface area contributed by atoms with Crippen LogP contribution < -0.4 is 21.1 Å². The second-order valence-electron chi connectivity index (χ2n) is 6.02. The van der Waals surface area contributed by atoms with Crippen molar-refractivity contribution in [1.82, 2.24) is 19.9 Å². The van der Waals surface area contributed by atoms with Crippen LogP contribution in [-0.4, -0.2) is 32.4 Å². The number of nitrogens with zero attached hydrogens (tertiary/aromatic N) is 4. The van der Waals surface area contributed by atoms with Gasteiger partial charge in [-0.05, 0) is 24.3 Å². The quantitative estimate of drug-likeness (QED) is 0.513. The molecule has 0 aromatic carbocycles. The van der Waals surface area contributed by atoms with Gasteiger partial charge in [-0.25, -0.2) is 15.0 Å². The number of aromatic nitrogens is 4. The molecule has 0 aliphatic rings. The van der Waals surface area contributed by atoms with Gasteiger partial charge in [0.25, 0.3) is 5.91 Å². The van der Waals surface area contributed by atoms with E-state index in [0.29, 0.717) is 29.6 Å². The molecule has 0 saturated carbocycles. The second-order valence-corrected chi connectivity index (χ2v) is 6.02. The average molecular weight is 403 g/mol. The summed E-state index contributed by atoms with van der Waals surface area (Å²) in [6, 6.07) is 7.07. The highest BCUT2D eigenvalue weighted by Gasteiger charge is 2.10. The Hall–Kier alpha value is -4.19. The van der Waals surface area contributed by atoms with Crippen LogP contribution in [0.3, 0.4) is 0 Å². The van der Waals surface area contributed by atoms with Crippen molar-refractivity contribution in [3.63, 3.8) is 0 Å². The Morgan fingerprint density at radius 1 is 1.13 bits per heavy atom. The minimum atomic E-state index is -0.388. The lowest BCUT2D eigenvalue weighted by atomic mass is 10.3. The van der Waals surface area contributed by atoms with E-state index < -0.39 is 0 Å². The van der Waals surface area contributed by atoms with E-state index >= 15 is 0 Å². The van der Waals surface area contributed by atoms with Gasteiger partial charge in [-0.3, -0.25) is 9.78 Å². The van der Waals surface area contributed by atoms with Crippen molar-refractivity contribution in [2.45, 2.75) is 19.9 Å². The number of ether oxygens (including phenoxy) is 1. The topological polar surface area (TPSA) is 128 Å². The maximum Gasteiger partial charge on any atom is 0.275 e. The first-order valence-electron chi connectivity index (χ1n) is 9.27. The molecular weight excluding hydrogens is 382 g/mol. The number of nitrogen functional groups attached to an aromatic ring is 1. The summed E-state index contributed by atoms with van der Waals surface area (Å²) >= 11 is 0. The molecule has 4 N–H and O–H groups in total. The fraction of sp³-hybridized carbons (Fsp3) is 0.190. The molecule has 0 aliphatic carbocycles. The van der Waals surface area contributed by atoms with Crippen molar-refractivity contribution in [2.24, 2.45) is 0 Å². The van der Waals surface area contributed by atoms with Crippen LogP contribution in [0.15, 0.2) is 49.1 Å². The molecule has 30 heavy (non-hydrogen) atoms. The molecule has 0 bridgehead atoms. The van der Waals surface area contributed by atoms with Crippen LogP contribution in [0.25, 0.3) is 0 Å². The van der Waals surface area contributed by atoms with Crippen LogP contribution in [-0.2, 0) is 6.54 Å². The first-order chi connectivity index (χ1) is 14.7. The van der Waals surface area contributed by atoms with Crippen molar-refractivity contribution >= 4 is 23.1 Å². The van der Waals surface area contributed by atoms with Gasteiger partial charge >= 0.3 is 0 Å². The summed E-state index contributed by atoms with van der Waals surface area (Å²) in [6.07, 6.45) is 6.74. The Labute approximate surface area is 174 Å². The van der Waals surface area contributed by atoms with E-state index in [4.69, 9.17) is 10.5 Å². The maximum absolute atomic E-state index is 12.4. The Morgan fingerprint density at radius 2 is 2.03 bits per heavy atom. The van der Waals surface area contributed by atoms with Crippen LogP contribution in [0.1, 0.15) is 29.5 Å². The number of hydrogen-bond donors (Lipinski definition) is 3. The third kappa shape index (κ3) is 5.90. The van der Waals surface area contributed by atoms with Gasteiger partial charge in [0, 0.05) is 24.5 Å². The van der Waals surface area contributed by atoms with Crippen LogP contribution in [0.5, 0.6) is 5.88 Å². The summed E-state index contributed by atoms with van der Waals surface area (Å²) in [5.74, 6) is 6.07. The van der Waals surface area contributed by atoms with E-state index in [1.807, 2.05) is 13.0 Å². The van der Waals surface area contributed by atoms with E-state index in [2.05, 4.69) is 42.4 Å². The van der Waals surface area contributed by atoms with E-state index in [0.717, 1.165) is 12.1 Å². The Balaban J connectivity index is 1.57. The predicted octanol–water partition coefficient (Wildman–Crippen LogP) is 2.51. The van der Waals surface area contributed by atoms with Crippen molar-refractivity contribution in [3.05, 3.63) is 60.4 Å². The standard InChI is InChI=1S/C21H21N7O2/c1-2-3-4-10-30-19-14-26-18(13-27-19)21(29)28-15-7-9-23-16(11-15)12-25-17-6-5-8-24-20(17)22/h5-9,11,13-14,25H,2,10,12H2,1H3,(H2,22,24)(H,23,28,29). The molecule has 0 spiro atoms. The number of amides is 1. The molecule has 0 unspecified atom stereocenters. The first-order valence-corrected chi connectivity index (χ1v) is 9.27. The minimum Gasteiger partial charge on any atom is -0.463 e. The fourth-order valence-electron chi connectivity index (χ4n) is 2.39. The zero-order chi connectivity index (χ0) is 21.2. The highest BCUT2D eigenvalue weighted by Crippen LogP contribution is 2.16. The minimum absolute atomic E-state index is 0.168. The first kappa shape index (κ1) is 20.5. The molecule has 3 aromatic heterocycles. The number of nitrogens with two attached hydrogens (primary N) is 1. The van der Waals surface area contributed by atoms with Gasteiger partial charge in [-0.15, -0.1) is 5.92 Å². The van der Waals surface area contributed by atoms with Gasteiger partial charge in [0.05, 0.1) is 30.3 Å². The highest BCUT2D eigenvalue weighted by molar-refractivity contribution is 6.02. The molecule has 0 aliphatic heterocycles. The molecule has 0 fully saturated rings. The number of carbonyl (C=O) groups is 1. The molecular formula is C21H21N7O2. The van der Waals surface area contributed by atoms with E-state index in [1.165, 1.54) is 12.4 Å². The van der Waals surface area contributed by atoms with Gasteiger partial charge in [0.2, 0.25) is 5.88 Å². The lowest BCUT2D eigenvalue weighted by molar-refractivity contribution is 0.102. The molecule has 3 heterocycles. The van der Waals surface area contributed by atoms with Crippen LogP contribution in [0, 0.1) is 11.8 Å². The number of anilines is 3. The van der Waals surface area contributed by atoms with Gasteiger partial charge in [0.1, 0.15) is 11.5 Å². The lowest BCUT2D eigenvalue weighted by Gasteiger charge is -2.09. The monoisotopic (exact) mass is 403 g/mol. The summed E-state index contributed by atoms with van der Waals surface area (Å²) < 4.78 is 5.34. The van der Waals surface area contributed by atoms with Crippen molar-refractivity contribution in [3.8, 4) is 17.7 Å². The Bertz CT molecular complexity index is 1060. The summed E-state index contributed by atoms with van der Waals surface area (Å²) in [6.45, 7) is 2.61. The van der Waals surface area contributed by atoms with Gasteiger partial charge < -0.3 is 21.1 Å². The average Bonchev–Trinajstić information content (AvgIpc) is 2.77. The Morgan fingerprint density at radius 3 is 2.80 bits per heavy atom. The van der Waals surface area contributed by atoms with Crippen LogP contribution in [0.4, 0.5) is 17.2 Å². The van der Waals surface area contributed by atoms with Crippen molar-refractivity contribution in [2.75, 3.05) is 23.0 Å². The number of rotatable bonds is 7. The van der Waals surface area contributed by atoms with Gasteiger partial charge in [0.15, 0.2) is 6.61 Å². The van der Waals surface area contributed by atoms with Gasteiger partial charge in [-0.1, -0.05) is 12.8 Å². The molecule has 1 amide bonds. The molecule has 0 radical (unpaired) electrons. The molecule has 3 rings (SSSR count). The molecule has 152 valence electrons. The summed E-state index contributed by atoms with van der Waals surface area (Å²) in [7, 11) is 0. The smallest absolute Gasteiger partial charge is 0.275 e. The normalized spacial score (nSPS) is 9.90.